The van der Waals surface area contributed by atoms with Crippen LogP contribution < -0.4 is 0 Å². The third-order valence-corrected chi connectivity index (χ3v) is 6.05. The lowest BCUT2D eigenvalue weighted by Gasteiger charge is -2.37. The highest BCUT2D eigenvalue weighted by Gasteiger charge is 2.30. The monoisotopic (exact) mass is 314 g/mol. The van der Waals surface area contributed by atoms with Gasteiger partial charge in [0, 0.05) is 0 Å². The standard InChI is InChI=1S/C20H30.C3H8/c1-15-3-7-17(8-4-15)19-11-13-20(14-12-19)18-9-5-16(2)6-10-18;1-3-2/h3-4,7-8,16,18-20H,5-6,9-14H2,1-2H3;3H2,1-2H3. The average molecular weight is 315 g/mol. The van der Waals surface area contributed by atoms with Crippen LogP contribution in [0.25, 0.3) is 0 Å². The Labute approximate surface area is 145 Å². The predicted octanol–water partition coefficient (Wildman–Crippen LogP) is 7.51. The second kappa shape index (κ2) is 9.50. The molecular formula is C23H38. The maximum absolute atomic E-state index is 2.44. The molecule has 2 fully saturated rings. The fourth-order valence-corrected chi connectivity index (χ4v) is 4.52. The first kappa shape index (κ1) is 18.6. The molecule has 0 amide bonds. The first-order valence-electron chi connectivity index (χ1n) is 10.2. The van der Waals surface area contributed by atoms with Crippen molar-refractivity contribution in [2.24, 2.45) is 17.8 Å². The quantitative estimate of drug-likeness (QED) is 0.529. The summed E-state index contributed by atoms with van der Waals surface area (Å²) < 4.78 is 0. The molecule has 2 aliphatic carbocycles. The second-order valence-electron chi connectivity index (χ2n) is 8.25. The first-order valence-corrected chi connectivity index (χ1v) is 10.2. The van der Waals surface area contributed by atoms with Crippen molar-refractivity contribution >= 4 is 0 Å². The zero-order valence-corrected chi connectivity index (χ0v) is 16.0. The fraction of sp³-hybridized carbons (Fsp3) is 0.739. The molecule has 0 radical (unpaired) electrons. The Morgan fingerprint density at radius 3 is 1.65 bits per heavy atom. The molecule has 3 rings (SSSR count). The van der Waals surface area contributed by atoms with Crippen molar-refractivity contribution in [2.45, 2.75) is 91.4 Å². The third kappa shape index (κ3) is 5.66. The Balaban J connectivity index is 0.000000595. The molecule has 0 saturated heterocycles. The normalized spacial score (nSPS) is 31.1. The molecule has 2 aliphatic rings. The van der Waals surface area contributed by atoms with Crippen molar-refractivity contribution in [1.29, 1.82) is 0 Å². The van der Waals surface area contributed by atoms with Crippen molar-refractivity contribution in [2.75, 3.05) is 0 Å². The van der Waals surface area contributed by atoms with E-state index in [1.165, 1.54) is 63.4 Å². The zero-order chi connectivity index (χ0) is 16.7. The highest BCUT2D eigenvalue weighted by molar-refractivity contribution is 5.24. The summed E-state index contributed by atoms with van der Waals surface area (Å²) in [6.45, 7) is 8.87. The molecular weight excluding hydrogens is 276 g/mol. The molecule has 2 saturated carbocycles. The molecule has 0 atom stereocenters. The van der Waals surface area contributed by atoms with Gasteiger partial charge in [0.05, 0.1) is 0 Å². The molecule has 0 N–H and O–H groups in total. The minimum absolute atomic E-state index is 0.842. The molecule has 0 unspecified atom stereocenters. The summed E-state index contributed by atoms with van der Waals surface area (Å²) >= 11 is 0. The lowest BCUT2D eigenvalue weighted by atomic mass is 9.68. The van der Waals surface area contributed by atoms with Gasteiger partial charge in [0.15, 0.2) is 0 Å². The van der Waals surface area contributed by atoms with E-state index in [2.05, 4.69) is 52.0 Å². The van der Waals surface area contributed by atoms with Gasteiger partial charge >= 0.3 is 0 Å². The number of hydrogen-bond acceptors (Lipinski definition) is 0. The smallest absolute Gasteiger partial charge is 0.0162 e. The molecule has 1 aromatic carbocycles. The van der Waals surface area contributed by atoms with Crippen LogP contribution in [0.15, 0.2) is 24.3 Å². The highest BCUT2D eigenvalue weighted by Crippen LogP contribution is 2.43. The van der Waals surface area contributed by atoms with E-state index in [0.29, 0.717) is 0 Å². The Morgan fingerprint density at radius 1 is 0.739 bits per heavy atom. The molecule has 0 bridgehead atoms. The Bertz CT molecular complexity index is 414. The summed E-state index contributed by atoms with van der Waals surface area (Å²) in [7, 11) is 0. The lowest BCUT2D eigenvalue weighted by molar-refractivity contribution is 0.165. The van der Waals surface area contributed by atoms with E-state index in [-0.39, 0.29) is 0 Å². The van der Waals surface area contributed by atoms with Crippen LogP contribution in [0.5, 0.6) is 0 Å². The van der Waals surface area contributed by atoms with E-state index in [1.54, 1.807) is 5.56 Å². The van der Waals surface area contributed by atoms with E-state index in [0.717, 1.165) is 23.7 Å². The molecule has 130 valence electrons. The summed E-state index contributed by atoms with van der Waals surface area (Å²) in [6.07, 6.45) is 13.1. The van der Waals surface area contributed by atoms with Gasteiger partial charge in [-0.2, -0.15) is 0 Å². The van der Waals surface area contributed by atoms with Gasteiger partial charge in [0.25, 0.3) is 0 Å². The molecule has 0 aromatic heterocycles. The highest BCUT2D eigenvalue weighted by atomic mass is 14.4. The van der Waals surface area contributed by atoms with Gasteiger partial charge in [0.1, 0.15) is 0 Å². The van der Waals surface area contributed by atoms with Gasteiger partial charge in [-0.05, 0) is 74.7 Å². The second-order valence-corrected chi connectivity index (χ2v) is 8.25. The Kier molecular flexibility index (Phi) is 7.66. The lowest BCUT2D eigenvalue weighted by Crippen LogP contribution is -2.24. The van der Waals surface area contributed by atoms with Gasteiger partial charge < -0.3 is 0 Å². The van der Waals surface area contributed by atoms with Crippen LogP contribution >= 0.6 is 0 Å². The van der Waals surface area contributed by atoms with Crippen LogP contribution in [0.3, 0.4) is 0 Å². The summed E-state index contributed by atoms with van der Waals surface area (Å²) in [6, 6.07) is 9.29. The van der Waals surface area contributed by atoms with E-state index in [1.807, 2.05) is 0 Å². The fourth-order valence-electron chi connectivity index (χ4n) is 4.52. The van der Waals surface area contributed by atoms with Crippen molar-refractivity contribution < 1.29 is 0 Å². The van der Waals surface area contributed by atoms with Crippen LogP contribution in [0.2, 0.25) is 0 Å². The Hall–Kier alpha value is -0.780. The number of hydrogen-bond donors (Lipinski definition) is 0. The van der Waals surface area contributed by atoms with Crippen LogP contribution in [-0.4, -0.2) is 0 Å². The van der Waals surface area contributed by atoms with Crippen LogP contribution in [0, 0.1) is 24.7 Å². The molecule has 1 aromatic rings. The van der Waals surface area contributed by atoms with Gasteiger partial charge in [-0.25, -0.2) is 0 Å². The van der Waals surface area contributed by atoms with E-state index in [4.69, 9.17) is 0 Å². The molecule has 0 heterocycles. The molecule has 0 heteroatoms. The number of aryl methyl sites for hydroxylation is 1. The van der Waals surface area contributed by atoms with E-state index < -0.39 is 0 Å². The summed E-state index contributed by atoms with van der Waals surface area (Å²) in [4.78, 5) is 0. The summed E-state index contributed by atoms with van der Waals surface area (Å²) in [5, 5.41) is 0. The van der Waals surface area contributed by atoms with Crippen LogP contribution in [0.1, 0.15) is 95.6 Å². The first-order chi connectivity index (χ1) is 11.1. The average Bonchev–Trinajstić information content (AvgIpc) is 2.57. The van der Waals surface area contributed by atoms with Crippen LogP contribution in [-0.2, 0) is 0 Å². The summed E-state index contributed by atoms with van der Waals surface area (Å²) in [5.41, 5.74) is 2.98. The maximum Gasteiger partial charge on any atom is -0.0162 e. The van der Waals surface area contributed by atoms with Gasteiger partial charge in [-0.15, -0.1) is 0 Å². The minimum Gasteiger partial charge on any atom is -0.0656 e. The molecule has 0 aliphatic heterocycles. The number of rotatable bonds is 2. The topological polar surface area (TPSA) is 0 Å². The van der Waals surface area contributed by atoms with Crippen molar-refractivity contribution in [1.82, 2.24) is 0 Å². The SMILES string of the molecule is CCC.Cc1ccc(C2CCC(C3CCC(C)CC3)CC2)cc1. The predicted molar refractivity (Wildman–Crippen MR) is 103 cm³/mol. The molecule has 0 spiro atoms. The Morgan fingerprint density at radius 2 is 1.17 bits per heavy atom. The largest absolute Gasteiger partial charge is 0.0656 e. The van der Waals surface area contributed by atoms with Crippen molar-refractivity contribution in [3.8, 4) is 0 Å². The summed E-state index contributed by atoms with van der Waals surface area (Å²) in [5.74, 6) is 3.94. The van der Waals surface area contributed by atoms with Gasteiger partial charge in [0.2, 0.25) is 0 Å². The third-order valence-electron chi connectivity index (χ3n) is 6.05. The van der Waals surface area contributed by atoms with E-state index >= 15 is 0 Å². The van der Waals surface area contributed by atoms with Gasteiger partial charge in [-0.1, -0.05) is 69.9 Å². The van der Waals surface area contributed by atoms with Crippen LogP contribution in [0.4, 0.5) is 0 Å². The zero-order valence-electron chi connectivity index (χ0n) is 16.0. The maximum atomic E-state index is 2.44. The number of benzene rings is 1. The van der Waals surface area contributed by atoms with Crippen molar-refractivity contribution in [3.63, 3.8) is 0 Å². The molecule has 23 heavy (non-hydrogen) atoms. The van der Waals surface area contributed by atoms with Gasteiger partial charge in [-0.3, -0.25) is 0 Å². The van der Waals surface area contributed by atoms with E-state index in [9.17, 15) is 0 Å². The minimum atomic E-state index is 0.842. The molecule has 0 nitrogen and oxygen atoms in total. The van der Waals surface area contributed by atoms with Crippen molar-refractivity contribution in [3.05, 3.63) is 35.4 Å².